The molecule has 1 aromatic carbocycles. The number of thioether (sulfide) groups is 1. The summed E-state index contributed by atoms with van der Waals surface area (Å²) in [6.07, 6.45) is 2.50. The molecule has 6 rings (SSSR count). The van der Waals surface area contributed by atoms with Crippen LogP contribution >= 0.6 is 34.4 Å². The van der Waals surface area contributed by atoms with Crippen molar-refractivity contribution in [3.05, 3.63) is 39.5 Å². The van der Waals surface area contributed by atoms with Gasteiger partial charge in [-0.05, 0) is 63.8 Å². The van der Waals surface area contributed by atoms with E-state index >= 15 is 0 Å². The van der Waals surface area contributed by atoms with Crippen LogP contribution in [0.5, 0.6) is 0 Å². The number of piperidine rings is 1. The predicted molar refractivity (Wildman–Crippen MR) is 138 cm³/mol. The van der Waals surface area contributed by atoms with E-state index in [1.807, 2.05) is 25.6 Å². The van der Waals surface area contributed by atoms with Crippen LogP contribution in [0.2, 0.25) is 0 Å². The molecule has 1 aliphatic heterocycles. The zero-order valence-electron chi connectivity index (χ0n) is 19.5. The van der Waals surface area contributed by atoms with Crippen molar-refractivity contribution < 1.29 is 0 Å². The van der Waals surface area contributed by atoms with Crippen molar-refractivity contribution in [2.24, 2.45) is 13.0 Å². The van der Waals surface area contributed by atoms with Crippen molar-refractivity contribution >= 4 is 44.7 Å². The first-order valence-electron chi connectivity index (χ1n) is 11.5. The van der Waals surface area contributed by atoms with Crippen molar-refractivity contribution in [2.45, 2.75) is 44.2 Å². The lowest BCUT2D eigenvalue weighted by Gasteiger charge is -2.21. The van der Waals surface area contributed by atoms with Crippen LogP contribution in [0.4, 0.5) is 0 Å². The largest absolute Gasteiger partial charge is 0.304 e. The van der Waals surface area contributed by atoms with Gasteiger partial charge in [0.2, 0.25) is 0 Å². The number of fused-ring (bicyclic) bond motifs is 2. The summed E-state index contributed by atoms with van der Waals surface area (Å²) in [6.45, 7) is 9.76. The summed E-state index contributed by atoms with van der Waals surface area (Å²) in [5, 5.41) is 12.1. The lowest BCUT2D eigenvalue weighted by molar-refractivity contribution is 0.299. The van der Waals surface area contributed by atoms with Crippen LogP contribution in [-0.4, -0.2) is 55.0 Å². The highest BCUT2D eigenvalue weighted by Crippen LogP contribution is 2.59. The van der Waals surface area contributed by atoms with E-state index < -0.39 is 0 Å². The summed E-state index contributed by atoms with van der Waals surface area (Å²) >= 11 is 5.29. The molecule has 172 valence electrons. The second-order valence-corrected chi connectivity index (χ2v) is 12.9. The van der Waals surface area contributed by atoms with Crippen molar-refractivity contribution in [1.82, 2.24) is 29.6 Å². The first-order valence-corrected chi connectivity index (χ1v) is 14.1. The third-order valence-electron chi connectivity index (χ3n) is 7.08. The number of nitrogens with zero attached hydrogens (tertiary/aromatic N) is 6. The molecule has 33 heavy (non-hydrogen) atoms. The molecule has 0 N–H and O–H groups in total. The van der Waals surface area contributed by atoms with Gasteiger partial charge in [0.25, 0.3) is 0 Å². The average Bonchev–Trinajstić information content (AvgIpc) is 3.15. The van der Waals surface area contributed by atoms with Gasteiger partial charge in [-0.15, -0.1) is 32.9 Å². The molecule has 1 unspecified atom stereocenters. The van der Waals surface area contributed by atoms with E-state index in [-0.39, 0.29) is 0 Å². The lowest BCUT2D eigenvalue weighted by Crippen LogP contribution is -2.27. The highest BCUT2D eigenvalue weighted by molar-refractivity contribution is 7.99. The van der Waals surface area contributed by atoms with E-state index in [9.17, 15) is 0 Å². The predicted octanol–water partition coefficient (Wildman–Crippen LogP) is 5.23. The van der Waals surface area contributed by atoms with E-state index in [1.165, 1.54) is 41.7 Å². The second kappa shape index (κ2) is 8.15. The van der Waals surface area contributed by atoms with Crippen LogP contribution in [0.25, 0.3) is 20.9 Å². The first kappa shape index (κ1) is 21.7. The Balaban J connectivity index is 1.04. The number of benzene rings is 1. The zero-order valence-corrected chi connectivity index (χ0v) is 21.9. The van der Waals surface area contributed by atoms with Gasteiger partial charge in [-0.25, -0.2) is 9.97 Å². The van der Waals surface area contributed by atoms with Crippen LogP contribution in [0.1, 0.15) is 34.1 Å². The maximum Gasteiger partial charge on any atom is 0.191 e. The Labute approximate surface area is 206 Å². The minimum absolute atomic E-state index is 0.377. The molecular weight excluding hydrogens is 469 g/mol. The lowest BCUT2D eigenvalue weighted by atomic mass is 9.95. The Morgan fingerprint density at radius 2 is 1.97 bits per heavy atom. The molecule has 0 spiro atoms. The molecule has 4 aromatic rings. The maximum atomic E-state index is 4.72. The van der Waals surface area contributed by atoms with Gasteiger partial charge >= 0.3 is 0 Å². The number of aromatic nitrogens is 5. The van der Waals surface area contributed by atoms with Crippen LogP contribution in [0.15, 0.2) is 23.4 Å². The zero-order chi connectivity index (χ0) is 22.7. The first-order chi connectivity index (χ1) is 15.9. The normalized spacial score (nSPS) is 22.4. The molecule has 2 aliphatic rings. The second-order valence-electron chi connectivity index (χ2n) is 9.42. The molecule has 2 atom stereocenters. The Bertz CT molecular complexity index is 1340. The minimum Gasteiger partial charge on any atom is -0.304 e. The Morgan fingerprint density at radius 3 is 2.79 bits per heavy atom. The minimum atomic E-state index is 0.377. The van der Waals surface area contributed by atoms with Crippen LogP contribution < -0.4 is 0 Å². The molecule has 6 nitrogen and oxygen atoms in total. The summed E-state index contributed by atoms with van der Waals surface area (Å²) in [5.41, 5.74) is 4.09. The molecule has 0 bridgehead atoms. The molecule has 1 aliphatic carbocycles. The Kier molecular flexibility index (Phi) is 5.36. The number of thiazole rings is 2. The van der Waals surface area contributed by atoms with Gasteiger partial charge < -0.3 is 9.47 Å². The number of aryl methyl sites for hydroxylation is 3. The molecule has 0 amide bonds. The Hall–Kier alpha value is -1.81. The number of hydrogen-bond acceptors (Lipinski definition) is 8. The van der Waals surface area contributed by atoms with E-state index in [2.05, 4.69) is 56.8 Å². The van der Waals surface area contributed by atoms with E-state index in [0.29, 0.717) is 5.41 Å². The molecule has 4 heterocycles. The van der Waals surface area contributed by atoms with Crippen molar-refractivity contribution in [3.63, 3.8) is 0 Å². The summed E-state index contributed by atoms with van der Waals surface area (Å²) in [5.74, 6) is 2.80. The molecule has 2 fully saturated rings. The smallest absolute Gasteiger partial charge is 0.191 e. The van der Waals surface area contributed by atoms with Gasteiger partial charge in [-0.2, -0.15) is 0 Å². The SMILES string of the molecule is Cc1nc(C)c(-c2nnc(SCCCN3C[C@H]4CC4(c4ccc5sc(C)nc5c4)C3)n2C)s1. The number of likely N-dealkylation sites (tertiary alicyclic amines) is 1. The standard InChI is InChI=1S/C24H28N6S3/c1-14-21(33-15(2)25-14)22-27-28-23(29(22)4)31-9-5-8-30-12-18-11-24(18,13-30)17-6-7-20-19(10-17)26-16(3)32-20/h6-7,10,18H,5,8-9,11-13H2,1-4H3/t18-,24?/m1/s1. The van der Waals surface area contributed by atoms with Crippen molar-refractivity contribution in [1.29, 1.82) is 0 Å². The van der Waals surface area contributed by atoms with Gasteiger partial charge in [0, 0.05) is 31.3 Å². The van der Waals surface area contributed by atoms with Gasteiger partial charge in [-0.1, -0.05) is 17.8 Å². The van der Waals surface area contributed by atoms with Gasteiger partial charge in [-0.3, -0.25) is 0 Å². The molecule has 9 heteroatoms. The number of hydrogen-bond donors (Lipinski definition) is 0. The molecule has 3 aromatic heterocycles. The fraction of sp³-hybridized carbons (Fsp3) is 0.500. The molecule has 1 saturated carbocycles. The highest BCUT2D eigenvalue weighted by Gasteiger charge is 2.60. The maximum absolute atomic E-state index is 4.72. The van der Waals surface area contributed by atoms with Crippen LogP contribution in [0, 0.1) is 26.7 Å². The van der Waals surface area contributed by atoms with Gasteiger partial charge in [0.1, 0.15) is 0 Å². The summed E-state index contributed by atoms with van der Waals surface area (Å²) in [4.78, 5) is 13.0. The molecule has 0 radical (unpaired) electrons. The topological polar surface area (TPSA) is 59.7 Å². The van der Waals surface area contributed by atoms with Crippen LogP contribution in [-0.2, 0) is 12.5 Å². The van der Waals surface area contributed by atoms with Gasteiger partial charge in [0.05, 0.1) is 30.8 Å². The van der Waals surface area contributed by atoms with Crippen molar-refractivity contribution in [3.8, 4) is 10.7 Å². The Morgan fingerprint density at radius 1 is 1.12 bits per heavy atom. The fourth-order valence-corrected chi connectivity index (χ4v) is 7.97. The van der Waals surface area contributed by atoms with E-state index in [4.69, 9.17) is 4.98 Å². The van der Waals surface area contributed by atoms with Gasteiger partial charge in [0.15, 0.2) is 11.0 Å². The fourth-order valence-electron chi connectivity index (χ4n) is 5.39. The van der Waals surface area contributed by atoms with Crippen molar-refractivity contribution in [2.75, 3.05) is 25.4 Å². The molecular formula is C24H28N6S3. The highest BCUT2D eigenvalue weighted by atomic mass is 32.2. The third kappa shape index (κ3) is 3.83. The summed E-state index contributed by atoms with van der Waals surface area (Å²) in [6, 6.07) is 7.00. The van der Waals surface area contributed by atoms with E-state index in [1.54, 1.807) is 22.7 Å². The van der Waals surface area contributed by atoms with E-state index in [0.717, 1.165) is 49.8 Å². The van der Waals surface area contributed by atoms with Crippen LogP contribution in [0.3, 0.4) is 0 Å². The molecule has 1 saturated heterocycles. The summed E-state index contributed by atoms with van der Waals surface area (Å²) < 4.78 is 3.42. The monoisotopic (exact) mass is 496 g/mol. The summed E-state index contributed by atoms with van der Waals surface area (Å²) in [7, 11) is 2.06. The quantitative estimate of drug-likeness (QED) is 0.258. The number of rotatable bonds is 7. The third-order valence-corrected chi connectivity index (χ3v) is 10.2. The average molecular weight is 497 g/mol.